The van der Waals surface area contributed by atoms with Gasteiger partial charge in [-0.3, -0.25) is 9.69 Å². The van der Waals surface area contributed by atoms with Crippen LogP contribution in [0.2, 0.25) is 0 Å². The molecule has 3 aromatic rings. The molecule has 4 heterocycles. The smallest absolute Gasteiger partial charge is 0.283 e. The number of aromatic nitrogens is 1. The van der Waals surface area contributed by atoms with Crippen molar-refractivity contribution in [3.8, 4) is 0 Å². The Morgan fingerprint density at radius 2 is 1.82 bits per heavy atom. The molecule has 0 spiro atoms. The molecular weight excluding hydrogens is 524 g/mol. The fourth-order valence-electron chi connectivity index (χ4n) is 7.45. The van der Waals surface area contributed by atoms with Crippen LogP contribution in [-0.4, -0.2) is 46.9 Å². The molecule has 0 bridgehead atoms. The van der Waals surface area contributed by atoms with Crippen LogP contribution in [0.3, 0.4) is 0 Å². The van der Waals surface area contributed by atoms with E-state index >= 15 is 0 Å². The summed E-state index contributed by atoms with van der Waals surface area (Å²) in [6.45, 7) is 2.77. The topological polar surface area (TPSA) is 95.2 Å². The van der Waals surface area contributed by atoms with Crippen LogP contribution in [0.15, 0.2) is 76.3 Å². The zero-order valence-corrected chi connectivity index (χ0v) is 23.4. The molecule has 4 atom stereocenters. The summed E-state index contributed by atoms with van der Waals surface area (Å²) in [5, 5.41) is 12.3. The van der Waals surface area contributed by atoms with Gasteiger partial charge >= 0.3 is 0 Å². The zero-order valence-electron chi connectivity index (χ0n) is 22.6. The molecule has 0 saturated carbocycles. The molecule has 208 valence electrons. The van der Waals surface area contributed by atoms with E-state index in [4.69, 9.17) is 0 Å². The van der Waals surface area contributed by atoms with Gasteiger partial charge in [0.1, 0.15) is 18.0 Å². The van der Waals surface area contributed by atoms with Crippen molar-refractivity contribution in [1.82, 2.24) is 9.47 Å². The van der Waals surface area contributed by atoms with E-state index in [2.05, 4.69) is 8.96 Å². The van der Waals surface area contributed by atoms with Gasteiger partial charge in [0.2, 0.25) is 0 Å². The van der Waals surface area contributed by atoms with Crippen LogP contribution in [0.1, 0.15) is 55.2 Å². The van der Waals surface area contributed by atoms with Gasteiger partial charge in [-0.2, -0.15) is 8.42 Å². The van der Waals surface area contributed by atoms with E-state index in [9.17, 15) is 18.3 Å². The number of rotatable bonds is 7. The van der Waals surface area contributed by atoms with Crippen LogP contribution >= 0.6 is 0 Å². The number of carbonyl (C=O) groups excluding carboxylic acids is 1. The highest BCUT2D eigenvalue weighted by Crippen LogP contribution is 2.58. The number of unbranched alkanes of at least 4 members (excludes halogenated alkanes) is 1. The third kappa shape index (κ3) is 3.85. The monoisotopic (exact) mass is 558 g/mol. The minimum Gasteiger partial charge on any atom is -0.385 e. The quantitative estimate of drug-likeness (QED) is 0.435. The molecule has 1 aromatic heterocycles. The molecule has 1 N–H and O–H groups in total. The number of benzene rings is 2. The van der Waals surface area contributed by atoms with Gasteiger partial charge in [-0.1, -0.05) is 29.8 Å². The molecule has 0 unspecified atom stereocenters. The summed E-state index contributed by atoms with van der Waals surface area (Å²) in [7, 11) is -4.00. The predicted octanol–water partition coefficient (Wildman–Crippen LogP) is 4.36. The Morgan fingerprint density at radius 1 is 1.05 bits per heavy atom. The summed E-state index contributed by atoms with van der Waals surface area (Å²) < 4.78 is 33.5. The van der Waals surface area contributed by atoms with E-state index in [0.29, 0.717) is 25.1 Å². The summed E-state index contributed by atoms with van der Waals surface area (Å²) in [6, 6.07) is 16.1. The standard InChI is InChI=1S/C31H34N4O4S/c1-21-12-14-23(15-13-21)40(38,39)32-27-20-24-29-34(27)26(10-2-3-17-33-18-4-5-19-33)30(36)35(29)25-11-6-8-22-9-7-16-31(24,37)28(22)25/h4-6,8,11-15,18-19,24,26,29,37H,2-3,7,9-10,16-17,20H2,1H3/b32-27+/t24-,26+,29-,31-/m1/s1. The van der Waals surface area contributed by atoms with Crippen LogP contribution < -0.4 is 4.90 Å². The van der Waals surface area contributed by atoms with Crippen molar-refractivity contribution < 1.29 is 18.3 Å². The lowest BCUT2D eigenvalue weighted by Crippen LogP contribution is -2.55. The highest BCUT2D eigenvalue weighted by Gasteiger charge is 2.65. The molecule has 8 nitrogen and oxygen atoms in total. The third-order valence-corrected chi connectivity index (χ3v) is 10.6. The lowest BCUT2D eigenvalue weighted by molar-refractivity contribution is -0.119. The maximum atomic E-state index is 14.2. The normalized spacial score (nSPS) is 27.8. The highest BCUT2D eigenvalue weighted by molar-refractivity contribution is 7.90. The second kappa shape index (κ2) is 9.31. The predicted molar refractivity (Wildman–Crippen MR) is 152 cm³/mol. The first-order valence-electron chi connectivity index (χ1n) is 14.3. The Morgan fingerprint density at radius 3 is 2.60 bits per heavy atom. The Labute approximate surface area is 235 Å². The first-order valence-corrected chi connectivity index (χ1v) is 15.7. The summed E-state index contributed by atoms with van der Waals surface area (Å²) in [6.07, 6.45) is 8.53. The summed E-state index contributed by atoms with van der Waals surface area (Å²) in [4.78, 5) is 18.1. The Bertz CT molecular complexity index is 1600. The molecule has 2 saturated heterocycles. The molecule has 0 radical (unpaired) electrons. The molecule has 7 rings (SSSR count). The fraction of sp³-hybridized carbons (Fsp3) is 0.419. The third-order valence-electron chi connectivity index (χ3n) is 9.26. The molecule has 2 aromatic carbocycles. The van der Waals surface area contributed by atoms with Gasteiger partial charge in [0.05, 0.1) is 16.2 Å². The minimum atomic E-state index is -4.00. The van der Waals surface area contributed by atoms with Gasteiger partial charge < -0.3 is 14.6 Å². The number of nitrogens with zero attached hydrogens (tertiary/aromatic N) is 4. The maximum absolute atomic E-state index is 14.2. The average Bonchev–Trinajstić information content (AvgIpc) is 3.64. The number of hydrogen-bond donors (Lipinski definition) is 1. The second-order valence-corrected chi connectivity index (χ2v) is 13.3. The van der Waals surface area contributed by atoms with Crippen LogP contribution in [0, 0.1) is 12.8 Å². The number of sulfonamides is 1. The van der Waals surface area contributed by atoms with Crippen molar-refractivity contribution in [2.45, 2.75) is 81.1 Å². The Balaban J connectivity index is 1.29. The number of fused-ring (bicyclic) bond motifs is 2. The molecule has 4 aliphatic rings. The number of hydrogen-bond acceptors (Lipinski definition) is 4. The van der Waals surface area contributed by atoms with Gasteiger partial charge in [0, 0.05) is 36.8 Å². The zero-order chi connectivity index (χ0) is 27.6. The Hall–Kier alpha value is -3.43. The number of carbonyl (C=O) groups is 1. The lowest BCUT2D eigenvalue weighted by Gasteiger charge is -2.49. The minimum absolute atomic E-state index is 0.0304. The number of anilines is 1. The van der Waals surface area contributed by atoms with E-state index < -0.39 is 27.8 Å². The second-order valence-electron chi connectivity index (χ2n) is 11.7. The number of amidine groups is 1. The molecule has 40 heavy (non-hydrogen) atoms. The van der Waals surface area contributed by atoms with E-state index in [-0.39, 0.29) is 16.7 Å². The van der Waals surface area contributed by atoms with E-state index in [0.717, 1.165) is 54.6 Å². The number of aliphatic hydroxyl groups is 1. The van der Waals surface area contributed by atoms with Crippen molar-refractivity contribution in [2.24, 2.45) is 10.3 Å². The van der Waals surface area contributed by atoms with Gasteiger partial charge in [-0.15, -0.1) is 4.40 Å². The van der Waals surface area contributed by atoms with Crippen LogP contribution in [0.4, 0.5) is 5.69 Å². The van der Waals surface area contributed by atoms with Crippen LogP contribution in [0.5, 0.6) is 0 Å². The van der Waals surface area contributed by atoms with Gasteiger partial charge in [-0.25, -0.2) is 0 Å². The van der Waals surface area contributed by atoms with E-state index in [1.54, 1.807) is 24.3 Å². The summed E-state index contributed by atoms with van der Waals surface area (Å²) in [5.41, 5.74) is 2.54. The summed E-state index contributed by atoms with van der Waals surface area (Å²) >= 11 is 0. The number of amides is 1. The molecule has 9 heteroatoms. The van der Waals surface area contributed by atoms with Crippen molar-refractivity contribution in [1.29, 1.82) is 0 Å². The van der Waals surface area contributed by atoms with Crippen molar-refractivity contribution >= 4 is 27.5 Å². The van der Waals surface area contributed by atoms with Gasteiger partial charge in [0.15, 0.2) is 0 Å². The van der Waals surface area contributed by atoms with Crippen molar-refractivity contribution in [2.75, 3.05) is 4.90 Å². The maximum Gasteiger partial charge on any atom is 0.283 e. The Kier molecular flexibility index (Phi) is 5.94. The SMILES string of the molecule is Cc1ccc(S(=O)(=O)/N=C2\C[C@@H]3[C@H]4N(C(=O)[C@H](CCCCn5cccc5)N24)c2cccc4c2[C@@]3(O)CCC4)cc1. The largest absolute Gasteiger partial charge is 0.385 e. The first kappa shape index (κ1) is 25.5. The average molecular weight is 559 g/mol. The molecule has 2 fully saturated rings. The molecular formula is C31H34N4O4S. The van der Waals surface area contributed by atoms with Gasteiger partial charge in [-0.05, 0) is 81.3 Å². The summed E-state index contributed by atoms with van der Waals surface area (Å²) in [5.74, 6) is 0.00885. The molecule has 1 amide bonds. The number of aryl methyl sites for hydroxylation is 3. The first-order chi connectivity index (χ1) is 19.3. The van der Waals surface area contributed by atoms with Gasteiger partial charge in [0.25, 0.3) is 15.9 Å². The molecule has 1 aliphatic carbocycles. The lowest BCUT2D eigenvalue weighted by atomic mass is 9.67. The van der Waals surface area contributed by atoms with Crippen LogP contribution in [-0.2, 0) is 33.4 Å². The van der Waals surface area contributed by atoms with Crippen LogP contribution in [0.25, 0.3) is 0 Å². The molecule has 3 aliphatic heterocycles. The van der Waals surface area contributed by atoms with E-state index in [1.807, 2.05) is 59.4 Å². The highest BCUT2D eigenvalue weighted by atomic mass is 32.2. The van der Waals surface area contributed by atoms with E-state index in [1.165, 1.54) is 0 Å². The fourth-order valence-corrected chi connectivity index (χ4v) is 8.48. The van der Waals surface area contributed by atoms with Crippen molar-refractivity contribution in [3.05, 3.63) is 83.7 Å². The van der Waals surface area contributed by atoms with Crippen molar-refractivity contribution in [3.63, 3.8) is 0 Å².